The number of urea groups is 1. The molecule has 0 aromatic heterocycles. The lowest BCUT2D eigenvalue weighted by atomic mass is 9.53. The van der Waals surface area contributed by atoms with Crippen LogP contribution in [0, 0.1) is 17.8 Å². The maximum Gasteiger partial charge on any atom is 0.318 e. The van der Waals surface area contributed by atoms with Gasteiger partial charge in [-0.2, -0.15) is 0 Å². The van der Waals surface area contributed by atoms with Crippen molar-refractivity contribution in [2.75, 3.05) is 45.9 Å². The number of hydrogen-bond donors (Lipinski definition) is 1. The molecule has 5 fully saturated rings. The van der Waals surface area contributed by atoms with Crippen LogP contribution in [0.25, 0.3) is 6.08 Å². The van der Waals surface area contributed by atoms with Crippen molar-refractivity contribution in [1.82, 2.24) is 15.1 Å². The van der Waals surface area contributed by atoms with E-state index in [-0.39, 0.29) is 11.6 Å². The van der Waals surface area contributed by atoms with Gasteiger partial charge in [-0.05, 0) is 68.8 Å². The van der Waals surface area contributed by atoms with Crippen molar-refractivity contribution in [3.8, 4) is 0 Å². The van der Waals surface area contributed by atoms with Gasteiger partial charge < -0.3 is 15.0 Å². The molecule has 0 atom stereocenters. The highest BCUT2D eigenvalue weighted by Gasteiger charge is 2.51. The SMILES string of the molecule is CC(=Cc1ccccc1)CN(CCN1CCOCC1)C(=O)NC12CC3CC(CC(C3)C1)C2. The first kappa shape index (κ1) is 22.0. The predicted molar refractivity (Wildman–Crippen MR) is 128 cm³/mol. The van der Waals surface area contributed by atoms with Crippen LogP contribution in [-0.2, 0) is 4.74 Å². The van der Waals surface area contributed by atoms with Crippen LogP contribution < -0.4 is 5.32 Å². The van der Waals surface area contributed by atoms with Crippen LogP contribution in [0.1, 0.15) is 51.0 Å². The van der Waals surface area contributed by atoms with Gasteiger partial charge in [-0.3, -0.25) is 4.90 Å². The smallest absolute Gasteiger partial charge is 0.318 e. The van der Waals surface area contributed by atoms with E-state index >= 15 is 0 Å². The van der Waals surface area contributed by atoms with Gasteiger partial charge in [-0.25, -0.2) is 4.79 Å². The molecule has 1 aromatic carbocycles. The van der Waals surface area contributed by atoms with E-state index in [9.17, 15) is 4.79 Å². The fourth-order valence-electron chi connectivity index (χ4n) is 7.09. The van der Waals surface area contributed by atoms with Gasteiger partial charge in [-0.1, -0.05) is 42.0 Å². The average molecular weight is 438 g/mol. The lowest BCUT2D eigenvalue weighted by Gasteiger charge is -2.57. The van der Waals surface area contributed by atoms with Gasteiger partial charge in [0.1, 0.15) is 0 Å². The van der Waals surface area contributed by atoms with Gasteiger partial charge in [-0.15, -0.1) is 0 Å². The van der Waals surface area contributed by atoms with Crippen LogP contribution in [0.15, 0.2) is 35.9 Å². The molecule has 1 saturated heterocycles. The zero-order valence-electron chi connectivity index (χ0n) is 19.6. The van der Waals surface area contributed by atoms with E-state index in [1.807, 2.05) is 6.07 Å². The first-order valence-corrected chi connectivity index (χ1v) is 12.7. The Hall–Kier alpha value is -1.85. The second-order valence-corrected chi connectivity index (χ2v) is 10.9. The Kier molecular flexibility index (Phi) is 6.56. The molecule has 32 heavy (non-hydrogen) atoms. The van der Waals surface area contributed by atoms with E-state index in [2.05, 4.69) is 52.4 Å². The number of nitrogens with one attached hydrogen (secondary N) is 1. The Labute approximate surface area is 193 Å². The van der Waals surface area contributed by atoms with E-state index in [0.717, 1.165) is 57.1 Å². The minimum Gasteiger partial charge on any atom is -0.379 e. The third-order valence-electron chi connectivity index (χ3n) is 8.14. The summed E-state index contributed by atoms with van der Waals surface area (Å²) in [6.45, 7) is 8.02. The molecule has 174 valence electrons. The molecule has 0 unspecified atom stereocenters. The summed E-state index contributed by atoms with van der Waals surface area (Å²) in [7, 11) is 0. The number of ether oxygens (including phenoxy) is 1. The molecule has 0 radical (unpaired) electrons. The fraction of sp³-hybridized carbons (Fsp3) is 0.667. The van der Waals surface area contributed by atoms with Crippen molar-refractivity contribution >= 4 is 12.1 Å². The second kappa shape index (κ2) is 9.56. The van der Waals surface area contributed by atoms with Crippen LogP contribution in [0.2, 0.25) is 0 Å². The first-order chi connectivity index (χ1) is 15.6. The summed E-state index contributed by atoms with van der Waals surface area (Å²) in [5.74, 6) is 2.51. The van der Waals surface area contributed by atoms with E-state index in [4.69, 9.17) is 4.74 Å². The summed E-state index contributed by atoms with van der Waals surface area (Å²) < 4.78 is 5.50. The first-order valence-electron chi connectivity index (χ1n) is 12.7. The van der Waals surface area contributed by atoms with Gasteiger partial charge in [0.25, 0.3) is 0 Å². The number of hydrogen-bond acceptors (Lipinski definition) is 3. The summed E-state index contributed by atoms with van der Waals surface area (Å²) in [6, 6.07) is 10.6. The Bertz CT molecular complexity index is 780. The van der Waals surface area contributed by atoms with Crippen molar-refractivity contribution in [3.63, 3.8) is 0 Å². The number of carbonyl (C=O) groups excluding carboxylic acids is 1. The van der Waals surface area contributed by atoms with E-state index in [0.29, 0.717) is 6.54 Å². The van der Waals surface area contributed by atoms with Crippen LogP contribution in [0.5, 0.6) is 0 Å². The van der Waals surface area contributed by atoms with Gasteiger partial charge in [0.15, 0.2) is 0 Å². The quantitative estimate of drug-likeness (QED) is 0.688. The van der Waals surface area contributed by atoms with Crippen LogP contribution in [0.4, 0.5) is 4.79 Å². The van der Waals surface area contributed by atoms with Gasteiger partial charge >= 0.3 is 6.03 Å². The molecule has 2 amide bonds. The highest BCUT2D eigenvalue weighted by Crippen LogP contribution is 2.55. The lowest BCUT2D eigenvalue weighted by Crippen LogP contribution is -2.62. The lowest BCUT2D eigenvalue weighted by molar-refractivity contribution is -0.0158. The van der Waals surface area contributed by atoms with Crippen molar-refractivity contribution < 1.29 is 9.53 Å². The third-order valence-corrected chi connectivity index (χ3v) is 8.14. The van der Waals surface area contributed by atoms with E-state index in [1.54, 1.807) is 0 Å². The largest absolute Gasteiger partial charge is 0.379 e. The molecule has 5 heteroatoms. The van der Waals surface area contributed by atoms with Crippen LogP contribution in [-0.4, -0.2) is 67.3 Å². The minimum absolute atomic E-state index is 0.0557. The third kappa shape index (κ3) is 5.20. The highest BCUT2D eigenvalue weighted by molar-refractivity contribution is 5.76. The molecule has 1 N–H and O–H groups in total. The Morgan fingerprint density at radius 3 is 2.34 bits per heavy atom. The maximum absolute atomic E-state index is 13.6. The Morgan fingerprint density at radius 2 is 1.72 bits per heavy atom. The normalized spacial score (nSPS) is 32.2. The maximum atomic E-state index is 13.6. The summed E-state index contributed by atoms with van der Waals surface area (Å²) in [5, 5.41) is 3.60. The summed E-state index contributed by atoms with van der Waals surface area (Å²) in [6.07, 6.45) is 9.99. The molecule has 1 aromatic rings. The van der Waals surface area contributed by atoms with E-state index < -0.39 is 0 Å². The second-order valence-electron chi connectivity index (χ2n) is 10.9. The minimum atomic E-state index is 0.0557. The molecular formula is C27H39N3O2. The zero-order valence-corrected chi connectivity index (χ0v) is 19.6. The van der Waals surface area contributed by atoms with Crippen LogP contribution >= 0.6 is 0 Å². The monoisotopic (exact) mass is 437 g/mol. The molecule has 6 rings (SSSR count). The molecule has 5 nitrogen and oxygen atoms in total. The highest BCUT2D eigenvalue weighted by atomic mass is 16.5. The number of rotatable bonds is 7. The molecule has 4 saturated carbocycles. The van der Waals surface area contributed by atoms with Crippen molar-refractivity contribution in [2.45, 2.75) is 51.0 Å². The number of nitrogens with zero attached hydrogens (tertiary/aromatic N) is 2. The molecule has 5 aliphatic rings. The molecule has 4 bridgehead atoms. The number of amides is 2. The van der Waals surface area contributed by atoms with Crippen molar-refractivity contribution in [3.05, 3.63) is 41.5 Å². The number of morpholine rings is 1. The summed E-state index contributed by atoms with van der Waals surface area (Å²) in [4.78, 5) is 18.1. The number of benzene rings is 1. The average Bonchev–Trinajstić information content (AvgIpc) is 2.76. The summed E-state index contributed by atoms with van der Waals surface area (Å²) >= 11 is 0. The number of carbonyl (C=O) groups is 1. The van der Waals surface area contributed by atoms with Gasteiger partial charge in [0.2, 0.25) is 0 Å². The van der Waals surface area contributed by atoms with Crippen LogP contribution in [0.3, 0.4) is 0 Å². The molecular weight excluding hydrogens is 398 g/mol. The summed E-state index contributed by atoms with van der Waals surface area (Å²) in [5.41, 5.74) is 2.47. The predicted octanol–water partition coefficient (Wildman–Crippen LogP) is 4.40. The molecule has 0 spiro atoms. The van der Waals surface area contributed by atoms with Crippen molar-refractivity contribution in [2.24, 2.45) is 17.8 Å². The van der Waals surface area contributed by atoms with Gasteiger partial charge in [0, 0.05) is 38.3 Å². The topological polar surface area (TPSA) is 44.8 Å². The Balaban J connectivity index is 1.27. The zero-order chi connectivity index (χ0) is 22.0. The fourth-order valence-corrected chi connectivity index (χ4v) is 7.09. The Morgan fingerprint density at radius 1 is 1.09 bits per heavy atom. The van der Waals surface area contributed by atoms with E-state index in [1.165, 1.54) is 49.7 Å². The van der Waals surface area contributed by atoms with Crippen molar-refractivity contribution in [1.29, 1.82) is 0 Å². The molecule has 1 aliphatic heterocycles. The van der Waals surface area contributed by atoms with Gasteiger partial charge in [0.05, 0.1) is 13.2 Å². The molecule has 1 heterocycles. The molecule has 4 aliphatic carbocycles. The standard InChI is InChI=1S/C27H39N3O2/c1-21(13-22-5-3-2-4-6-22)20-30(8-7-29-9-11-32-12-10-29)26(31)28-27-17-23-14-24(18-27)16-25(15-23)19-27/h2-6,13,23-25H,7-12,14-20H2,1H3,(H,28,31).